The Morgan fingerprint density at radius 1 is 0.964 bits per heavy atom. The Labute approximate surface area is 315 Å². The minimum Gasteiger partial charge on any atom is -0.483 e. The van der Waals surface area contributed by atoms with Crippen LogP contribution < -0.4 is 20.7 Å². The van der Waals surface area contributed by atoms with Gasteiger partial charge in [0.15, 0.2) is 18.1 Å². The fourth-order valence-corrected chi connectivity index (χ4v) is 7.81. The summed E-state index contributed by atoms with van der Waals surface area (Å²) in [5.41, 5.74) is 2.75. The molecule has 284 valence electrons. The van der Waals surface area contributed by atoms with Crippen molar-refractivity contribution in [3.63, 3.8) is 0 Å². The van der Waals surface area contributed by atoms with Crippen LogP contribution in [0, 0.1) is 12.8 Å². The van der Waals surface area contributed by atoms with Gasteiger partial charge in [-0.15, -0.1) is 0 Å². The van der Waals surface area contributed by atoms with Crippen LogP contribution in [-0.4, -0.2) is 108 Å². The molecule has 17 nitrogen and oxygen atoms in total. The topological polar surface area (TPSA) is 211 Å². The van der Waals surface area contributed by atoms with Gasteiger partial charge in [-0.1, -0.05) is 12.1 Å². The Hall–Kier alpha value is -6.26. The van der Waals surface area contributed by atoms with Crippen molar-refractivity contribution in [3.05, 3.63) is 71.6 Å². The van der Waals surface area contributed by atoms with Gasteiger partial charge in [0.1, 0.15) is 29.3 Å². The number of hydrogen-bond donors (Lipinski definition) is 3. The van der Waals surface area contributed by atoms with Crippen LogP contribution in [0.25, 0.3) is 11.2 Å². The number of fused-ring (bicyclic) bond motifs is 2. The van der Waals surface area contributed by atoms with E-state index in [0.29, 0.717) is 42.6 Å². The Bertz CT molecular complexity index is 2210. The first-order valence-electron chi connectivity index (χ1n) is 18.6. The van der Waals surface area contributed by atoms with E-state index >= 15 is 0 Å². The number of imidazole rings is 1. The van der Waals surface area contributed by atoms with Crippen LogP contribution in [0.5, 0.6) is 5.75 Å². The molecule has 3 N–H and O–H groups in total. The van der Waals surface area contributed by atoms with Gasteiger partial charge < -0.3 is 24.8 Å². The van der Waals surface area contributed by atoms with Crippen molar-refractivity contribution < 1.29 is 33.5 Å². The highest BCUT2D eigenvalue weighted by molar-refractivity contribution is 6.24. The van der Waals surface area contributed by atoms with E-state index in [1.54, 1.807) is 23.4 Å². The van der Waals surface area contributed by atoms with Crippen LogP contribution in [0.4, 0.5) is 5.82 Å². The molecule has 4 aromatic rings. The summed E-state index contributed by atoms with van der Waals surface area (Å²) < 4.78 is 7.86. The third-order valence-electron chi connectivity index (χ3n) is 10.9. The first-order chi connectivity index (χ1) is 26.6. The number of nitrogens with one attached hydrogen (secondary N) is 3. The fourth-order valence-electron chi connectivity index (χ4n) is 7.81. The number of nitrogens with zero attached hydrogens (tertiary/aromatic N) is 7. The van der Waals surface area contributed by atoms with Crippen molar-refractivity contribution in [3.8, 4) is 5.75 Å². The summed E-state index contributed by atoms with van der Waals surface area (Å²) in [4.78, 5) is 96.7. The zero-order chi connectivity index (χ0) is 38.2. The summed E-state index contributed by atoms with van der Waals surface area (Å²) in [6.07, 6.45) is 7.42. The maximum atomic E-state index is 13.3. The molecule has 6 heterocycles. The summed E-state index contributed by atoms with van der Waals surface area (Å²) in [6.45, 7) is 3.35. The Balaban J connectivity index is 0.788. The number of aromatic nitrogens is 5. The first-order valence-corrected chi connectivity index (χ1v) is 18.6. The van der Waals surface area contributed by atoms with Crippen LogP contribution in [0.3, 0.4) is 0 Å². The summed E-state index contributed by atoms with van der Waals surface area (Å²) in [5.74, 6) is -1.71. The molecule has 0 bridgehead atoms. The third-order valence-corrected chi connectivity index (χ3v) is 10.9. The van der Waals surface area contributed by atoms with Gasteiger partial charge >= 0.3 is 0 Å². The summed E-state index contributed by atoms with van der Waals surface area (Å²) >= 11 is 0. The lowest BCUT2D eigenvalue weighted by atomic mass is 9.86. The molecule has 2 saturated heterocycles. The molecule has 1 aromatic carbocycles. The zero-order valence-corrected chi connectivity index (χ0v) is 30.2. The monoisotopic (exact) mass is 748 g/mol. The van der Waals surface area contributed by atoms with E-state index in [4.69, 9.17) is 4.74 Å². The molecule has 4 aliphatic rings. The fraction of sp³-hybridized carbons (Fsp3) is 0.421. The number of piperidine rings is 2. The average Bonchev–Trinajstić information content (AvgIpc) is 3.70. The molecule has 1 unspecified atom stereocenters. The van der Waals surface area contributed by atoms with Crippen molar-refractivity contribution in [2.75, 3.05) is 31.6 Å². The first kappa shape index (κ1) is 35.8. The van der Waals surface area contributed by atoms with Gasteiger partial charge in [0.2, 0.25) is 11.8 Å². The maximum absolute atomic E-state index is 13.3. The predicted octanol–water partition coefficient (Wildman–Crippen LogP) is 2.18. The van der Waals surface area contributed by atoms with Gasteiger partial charge in [0.25, 0.3) is 23.6 Å². The molecule has 3 aliphatic heterocycles. The van der Waals surface area contributed by atoms with Gasteiger partial charge in [0, 0.05) is 43.8 Å². The number of aryl methyl sites for hydroxylation is 1. The summed E-state index contributed by atoms with van der Waals surface area (Å²) in [6, 6.07) is 9.09. The summed E-state index contributed by atoms with van der Waals surface area (Å²) in [5, 5.41) is 8.68. The van der Waals surface area contributed by atoms with Crippen molar-refractivity contribution in [2.45, 2.75) is 70.0 Å². The molecule has 1 atom stereocenters. The molecular weight excluding hydrogens is 708 g/mol. The second-order valence-corrected chi connectivity index (χ2v) is 14.5. The molecule has 0 radical (unpaired) electrons. The highest BCUT2D eigenvalue weighted by atomic mass is 16.5. The minimum atomic E-state index is -1.09. The SMILES string of the molecule is Cc1cccc(C(=O)NC2CC(n3cnc4c(NCCC5CCN(C(=O)COc6cccc7c6C(=O)N(C6CCC(=O)NC6=O)C7=O)CC5)ncnc43)C2)n1. The van der Waals surface area contributed by atoms with Gasteiger partial charge in [0.05, 0.1) is 17.5 Å². The molecule has 6 amide bonds. The number of carbonyl (C=O) groups excluding carboxylic acids is 6. The lowest BCUT2D eigenvalue weighted by Crippen LogP contribution is -2.54. The number of benzene rings is 1. The molecular formula is C38H40N10O7. The average molecular weight is 749 g/mol. The molecule has 55 heavy (non-hydrogen) atoms. The molecule has 17 heteroatoms. The van der Waals surface area contributed by atoms with E-state index in [1.807, 2.05) is 23.6 Å². The van der Waals surface area contributed by atoms with E-state index in [2.05, 4.69) is 35.9 Å². The van der Waals surface area contributed by atoms with Crippen LogP contribution in [0.1, 0.15) is 87.9 Å². The van der Waals surface area contributed by atoms with Crippen molar-refractivity contribution >= 4 is 52.4 Å². The van der Waals surface area contributed by atoms with Crippen molar-refractivity contribution in [1.82, 2.24) is 44.9 Å². The lowest BCUT2D eigenvalue weighted by molar-refractivity contribution is -0.136. The number of amides is 6. The van der Waals surface area contributed by atoms with Crippen LogP contribution >= 0.6 is 0 Å². The number of carbonyl (C=O) groups is 6. The van der Waals surface area contributed by atoms with Crippen LogP contribution in [0.15, 0.2) is 49.1 Å². The standard InChI is InChI=1S/C38H40N10O7/c1-21-4-2-6-26(43-21)35(51)44-23-16-24(17-23)47-20-42-32-33(40-19-41-34(32)47)39-13-10-22-11-14-46(15-12-22)30(50)18-55-28-7-3-5-25-31(28)38(54)48(37(25)53)27-8-9-29(49)45-36(27)52/h2-7,19-20,22-24,27H,8-18H2,1H3,(H,44,51)(H,39,40,41)(H,45,49,52). The number of hydrogen-bond acceptors (Lipinski definition) is 12. The lowest BCUT2D eigenvalue weighted by Gasteiger charge is -2.36. The largest absolute Gasteiger partial charge is 0.483 e. The smallest absolute Gasteiger partial charge is 0.270 e. The molecule has 0 spiro atoms. The Morgan fingerprint density at radius 3 is 2.55 bits per heavy atom. The number of ether oxygens (including phenoxy) is 1. The Morgan fingerprint density at radius 2 is 1.76 bits per heavy atom. The molecule has 8 rings (SSSR count). The van der Waals surface area contributed by atoms with Gasteiger partial charge in [-0.2, -0.15) is 0 Å². The van der Waals surface area contributed by atoms with Crippen LogP contribution in [0.2, 0.25) is 0 Å². The minimum absolute atomic E-state index is 0.0122. The van der Waals surface area contributed by atoms with Gasteiger partial charge in [-0.05, 0) is 75.6 Å². The highest BCUT2D eigenvalue weighted by Crippen LogP contribution is 2.36. The second kappa shape index (κ2) is 14.9. The van der Waals surface area contributed by atoms with Gasteiger partial charge in [-0.25, -0.2) is 19.9 Å². The van der Waals surface area contributed by atoms with Crippen LogP contribution in [-0.2, 0) is 14.4 Å². The maximum Gasteiger partial charge on any atom is 0.270 e. The predicted molar refractivity (Wildman–Crippen MR) is 195 cm³/mol. The quantitative estimate of drug-likeness (QED) is 0.189. The van der Waals surface area contributed by atoms with Crippen molar-refractivity contribution in [1.29, 1.82) is 0 Å². The molecule has 1 aliphatic carbocycles. The zero-order valence-electron chi connectivity index (χ0n) is 30.2. The number of imide groups is 2. The van der Waals surface area contributed by atoms with E-state index in [-0.39, 0.29) is 60.2 Å². The van der Waals surface area contributed by atoms with E-state index in [9.17, 15) is 28.8 Å². The van der Waals surface area contributed by atoms with Gasteiger partial charge in [-0.3, -0.25) is 39.0 Å². The number of pyridine rings is 1. The molecule has 3 fully saturated rings. The number of anilines is 1. The van der Waals surface area contributed by atoms with E-state index in [1.165, 1.54) is 18.5 Å². The normalized spacial score (nSPS) is 21.3. The third kappa shape index (κ3) is 7.08. The number of rotatable bonds is 11. The number of likely N-dealkylation sites (tertiary alicyclic amines) is 1. The highest BCUT2D eigenvalue weighted by Gasteiger charge is 2.46. The summed E-state index contributed by atoms with van der Waals surface area (Å²) in [7, 11) is 0. The molecule has 3 aromatic heterocycles. The second-order valence-electron chi connectivity index (χ2n) is 14.5. The molecule has 1 saturated carbocycles. The van der Waals surface area contributed by atoms with Crippen molar-refractivity contribution in [2.24, 2.45) is 5.92 Å². The van der Waals surface area contributed by atoms with E-state index in [0.717, 1.165) is 48.3 Å². The van der Waals surface area contributed by atoms with E-state index < -0.39 is 29.7 Å². The Kier molecular flexibility index (Phi) is 9.67.